The van der Waals surface area contributed by atoms with Gasteiger partial charge in [0.1, 0.15) is 11.6 Å². The number of benzene rings is 1. The minimum atomic E-state index is -0.656. The molecular formula is C24H22F2N4O. The summed E-state index contributed by atoms with van der Waals surface area (Å²) in [5, 5.41) is 11.6. The van der Waals surface area contributed by atoms with Crippen molar-refractivity contribution in [3.8, 4) is 11.3 Å². The molecular weight excluding hydrogens is 398 g/mol. The first-order valence-corrected chi connectivity index (χ1v) is 10.3. The minimum absolute atomic E-state index is 0.152. The van der Waals surface area contributed by atoms with Gasteiger partial charge in [-0.25, -0.2) is 8.78 Å². The van der Waals surface area contributed by atoms with E-state index in [2.05, 4.69) is 34.3 Å². The predicted molar refractivity (Wildman–Crippen MR) is 112 cm³/mol. The number of halogens is 2. The number of amides is 1. The van der Waals surface area contributed by atoms with Gasteiger partial charge in [-0.1, -0.05) is 19.9 Å². The van der Waals surface area contributed by atoms with Crippen LogP contribution in [0.4, 0.5) is 14.5 Å². The summed E-state index contributed by atoms with van der Waals surface area (Å²) in [4.78, 5) is 16.2. The van der Waals surface area contributed by atoms with Gasteiger partial charge in [-0.3, -0.25) is 9.78 Å². The molecule has 7 heteroatoms. The predicted octanol–water partition coefficient (Wildman–Crippen LogP) is 4.98. The van der Waals surface area contributed by atoms with E-state index in [1.807, 2.05) is 6.07 Å². The van der Waals surface area contributed by atoms with E-state index in [4.69, 9.17) is 0 Å². The molecule has 0 unspecified atom stereocenters. The highest BCUT2D eigenvalue weighted by molar-refractivity contribution is 5.88. The van der Waals surface area contributed by atoms with Crippen molar-refractivity contribution >= 4 is 11.6 Å². The fourth-order valence-electron chi connectivity index (χ4n) is 5.70. The van der Waals surface area contributed by atoms with Crippen molar-refractivity contribution in [3.05, 3.63) is 71.2 Å². The van der Waals surface area contributed by atoms with Crippen LogP contribution in [0.1, 0.15) is 56.5 Å². The molecule has 158 valence electrons. The van der Waals surface area contributed by atoms with Crippen LogP contribution in [0.25, 0.3) is 11.3 Å². The van der Waals surface area contributed by atoms with Crippen molar-refractivity contribution in [2.24, 2.45) is 5.41 Å². The van der Waals surface area contributed by atoms with Crippen molar-refractivity contribution in [1.82, 2.24) is 15.2 Å². The van der Waals surface area contributed by atoms with E-state index in [1.54, 1.807) is 18.3 Å². The number of anilines is 1. The highest BCUT2D eigenvalue weighted by Crippen LogP contribution is 2.69. The molecule has 1 saturated carbocycles. The van der Waals surface area contributed by atoms with E-state index < -0.39 is 17.0 Å². The number of hydrogen-bond acceptors (Lipinski definition) is 4. The average molecular weight is 420 g/mol. The van der Waals surface area contributed by atoms with Crippen LogP contribution < -0.4 is 5.32 Å². The maximum atomic E-state index is 14.4. The van der Waals surface area contributed by atoms with Crippen molar-refractivity contribution in [2.75, 3.05) is 5.32 Å². The zero-order valence-electron chi connectivity index (χ0n) is 17.5. The summed E-state index contributed by atoms with van der Waals surface area (Å²) in [5.74, 6) is -1.30. The van der Waals surface area contributed by atoms with Gasteiger partial charge in [0.25, 0.3) is 0 Å². The lowest BCUT2D eigenvalue weighted by Crippen LogP contribution is -2.37. The number of carbonyl (C=O) groups excluding carboxylic acids is 1. The maximum Gasteiger partial charge on any atom is 0.221 e. The summed E-state index contributed by atoms with van der Waals surface area (Å²) in [5.41, 5.74) is 2.61. The van der Waals surface area contributed by atoms with Gasteiger partial charge in [-0.05, 0) is 60.1 Å². The monoisotopic (exact) mass is 420 g/mol. The summed E-state index contributed by atoms with van der Waals surface area (Å²) in [6.07, 6.45) is 3.44. The first-order chi connectivity index (χ1) is 14.8. The van der Waals surface area contributed by atoms with Crippen molar-refractivity contribution in [2.45, 2.75) is 44.9 Å². The first-order valence-electron chi connectivity index (χ1n) is 10.3. The lowest BCUT2D eigenvalue weighted by molar-refractivity contribution is -0.114. The standard InChI is InChI=1S/C24H22F2N4O/c1-13(31)28-14-8-10-27-20(11-14)24-9-7-16(23(24,2)3)15-12-19(29-30-22(15)24)21-17(25)5-4-6-18(21)26/h4-6,8,10-12,16H,7,9H2,1-3H3,(H,27,28,31)/t16-,24-/m0/s1. The molecule has 2 aromatic heterocycles. The molecule has 1 N–H and O–H groups in total. The third-order valence-electron chi connectivity index (χ3n) is 7.12. The van der Waals surface area contributed by atoms with Gasteiger partial charge in [0.2, 0.25) is 5.91 Å². The number of nitrogens with zero attached hydrogens (tertiary/aromatic N) is 3. The van der Waals surface area contributed by atoms with Gasteiger partial charge >= 0.3 is 0 Å². The van der Waals surface area contributed by atoms with Crippen LogP contribution in [0.3, 0.4) is 0 Å². The van der Waals surface area contributed by atoms with E-state index in [0.29, 0.717) is 5.69 Å². The molecule has 2 heterocycles. The highest BCUT2D eigenvalue weighted by atomic mass is 19.1. The summed E-state index contributed by atoms with van der Waals surface area (Å²) >= 11 is 0. The zero-order chi connectivity index (χ0) is 22.0. The average Bonchev–Trinajstić information content (AvgIpc) is 3.09. The number of hydrogen-bond donors (Lipinski definition) is 1. The quantitative estimate of drug-likeness (QED) is 0.649. The molecule has 3 aromatic rings. The second-order valence-electron chi connectivity index (χ2n) is 8.96. The third-order valence-corrected chi connectivity index (χ3v) is 7.12. The molecule has 31 heavy (non-hydrogen) atoms. The lowest BCUT2D eigenvalue weighted by atomic mass is 9.66. The SMILES string of the molecule is CC(=O)Nc1ccnc([C@@]23CC[C@@H](c4cc(-c5c(F)cccc5F)nnc42)C3(C)C)c1. The Morgan fingerprint density at radius 1 is 1.13 bits per heavy atom. The molecule has 1 fully saturated rings. The first kappa shape index (κ1) is 19.7. The molecule has 5 nitrogen and oxygen atoms in total. The fourth-order valence-corrected chi connectivity index (χ4v) is 5.70. The van der Waals surface area contributed by atoms with Crippen molar-refractivity contribution < 1.29 is 13.6 Å². The Morgan fingerprint density at radius 2 is 1.87 bits per heavy atom. The molecule has 1 aromatic carbocycles. The normalized spacial score (nSPS) is 22.9. The number of fused-ring (bicyclic) bond motifs is 5. The van der Waals surface area contributed by atoms with E-state index in [1.165, 1.54) is 25.1 Å². The van der Waals surface area contributed by atoms with Gasteiger partial charge < -0.3 is 5.32 Å². The van der Waals surface area contributed by atoms with E-state index >= 15 is 0 Å². The number of pyridine rings is 1. The summed E-state index contributed by atoms with van der Waals surface area (Å²) in [6, 6.07) is 9.22. The third kappa shape index (κ3) is 2.65. The Hall–Kier alpha value is -3.22. The maximum absolute atomic E-state index is 14.4. The molecule has 2 atom stereocenters. The Balaban J connectivity index is 1.68. The Labute approximate surface area is 178 Å². The molecule has 0 aliphatic heterocycles. The number of carbonyl (C=O) groups is 1. The van der Waals surface area contributed by atoms with E-state index in [-0.39, 0.29) is 28.5 Å². The summed E-state index contributed by atoms with van der Waals surface area (Å²) < 4.78 is 28.7. The molecule has 0 saturated heterocycles. The molecule has 2 aliphatic rings. The van der Waals surface area contributed by atoms with Gasteiger partial charge in [0.05, 0.1) is 28.1 Å². The zero-order valence-corrected chi connectivity index (χ0v) is 17.5. The summed E-state index contributed by atoms with van der Waals surface area (Å²) in [7, 11) is 0. The number of aromatic nitrogens is 3. The van der Waals surface area contributed by atoms with Gasteiger partial charge in [0.15, 0.2) is 0 Å². The Bertz CT molecular complexity index is 1210. The highest BCUT2D eigenvalue weighted by Gasteiger charge is 2.65. The fraction of sp³-hybridized carbons (Fsp3) is 0.333. The Kier molecular flexibility index (Phi) is 4.22. The molecule has 2 bridgehead atoms. The largest absolute Gasteiger partial charge is 0.326 e. The summed E-state index contributed by atoms with van der Waals surface area (Å²) in [6.45, 7) is 5.83. The number of nitrogens with one attached hydrogen (secondary N) is 1. The molecule has 5 rings (SSSR count). The van der Waals surface area contributed by atoms with Crippen molar-refractivity contribution in [1.29, 1.82) is 0 Å². The van der Waals surface area contributed by atoms with E-state index in [0.717, 1.165) is 29.8 Å². The van der Waals surface area contributed by atoms with Crippen LogP contribution in [0.15, 0.2) is 42.6 Å². The van der Waals surface area contributed by atoms with Gasteiger partial charge in [0, 0.05) is 18.8 Å². The molecule has 1 amide bonds. The van der Waals surface area contributed by atoms with Gasteiger partial charge in [-0.15, -0.1) is 5.10 Å². The smallest absolute Gasteiger partial charge is 0.221 e. The van der Waals surface area contributed by atoms with Crippen molar-refractivity contribution in [3.63, 3.8) is 0 Å². The molecule has 0 spiro atoms. The van der Waals surface area contributed by atoms with Gasteiger partial charge in [-0.2, -0.15) is 5.10 Å². The Morgan fingerprint density at radius 3 is 2.58 bits per heavy atom. The number of rotatable bonds is 3. The van der Waals surface area contributed by atoms with Crippen LogP contribution in [-0.4, -0.2) is 21.1 Å². The van der Waals surface area contributed by atoms with Crippen LogP contribution in [0.2, 0.25) is 0 Å². The topological polar surface area (TPSA) is 67.8 Å². The lowest BCUT2D eigenvalue weighted by Gasteiger charge is -2.37. The minimum Gasteiger partial charge on any atom is -0.326 e. The van der Waals surface area contributed by atoms with Crippen LogP contribution in [-0.2, 0) is 10.2 Å². The second-order valence-corrected chi connectivity index (χ2v) is 8.96. The van der Waals surface area contributed by atoms with Crippen LogP contribution in [0, 0.1) is 17.0 Å². The van der Waals surface area contributed by atoms with Crippen LogP contribution >= 0.6 is 0 Å². The molecule has 2 aliphatic carbocycles. The van der Waals surface area contributed by atoms with E-state index in [9.17, 15) is 13.6 Å². The van der Waals surface area contributed by atoms with Crippen LogP contribution in [0.5, 0.6) is 0 Å². The molecule has 0 radical (unpaired) electrons. The second kappa shape index (κ2) is 6.64.